The van der Waals surface area contributed by atoms with Crippen LogP contribution in [0.15, 0.2) is 42.5 Å². The molecule has 3 aromatic rings. The van der Waals surface area contributed by atoms with Gasteiger partial charge in [0.15, 0.2) is 0 Å². The van der Waals surface area contributed by atoms with E-state index in [0.29, 0.717) is 74.7 Å². The van der Waals surface area contributed by atoms with Crippen molar-refractivity contribution < 1.29 is 33.0 Å². The zero-order valence-electron chi connectivity index (χ0n) is 27.3. The molecule has 0 atom stereocenters. The molecule has 6 rings (SSSR count). The second-order valence-electron chi connectivity index (χ2n) is 13.9. The van der Waals surface area contributed by atoms with Crippen molar-refractivity contribution in [3.8, 4) is 0 Å². The van der Waals surface area contributed by atoms with Crippen molar-refractivity contribution in [3.63, 3.8) is 0 Å². The number of carboxylic acids is 1. The van der Waals surface area contributed by atoms with Gasteiger partial charge in [0, 0.05) is 37.3 Å². The Labute approximate surface area is 274 Å². The Morgan fingerprint density at radius 1 is 0.915 bits per heavy atom. The maximum atomic E-state index is 14.6. The number of carbonyl (C=O) groups is 3. The van der Waals surface area contributed by atoms with E-state index >= 15 is 0 Å². The van der Waals surface area contributed by atoms with Crippen LogP contribution in [0.4, 0.5) is 13.6 Å². The first-order valence-corrected chi connectivity index (χ1v) is 17.0. The maximum Gasteiger partial charge on any atom is 0.328 e. The molecule has 10 heteroatoms. The molecule has 2 aromatic carbocycles. The average Bonchev–Trinajstić information content (AvgIpc) is 3.34. The topological polar surface area (TPSA) is 101 Å². The Bertz CT molecular complexity index is 1610. The quantitative estimate of drug-likeness (QED) is 0.296. The van der Waals surface area contributed by atoms with Gasteiger partial charge in [-0.15, -0.1) is 0 Å². The van der Waals surface area contributed by atoms with Crippen LogP contribution in [0.1, 0.15) is 81.0 Å². The van der Waals surface area contributed by atoms with E-state index in [4.69, 9.17) is 4.74 Å². The number of fused-ring (bicyclic) bond motifs is 1. The van der Waals surface area contributed by atoms with Gasteiger partial charge in [0.05, 0.1) is 23.0 Å². The fourth-order valence-electron chi connectivity index (χ4n) is 8.27. The molecule has 252 valence electrons. The molecule has 0 bridgehead atoms. The lowest BCUT2D eigenvalue weighted by molar-refractivity contribution is -0.142. The van der Waals surface area contributed by atoms with Crippen molar-refractivity contribution in [1.29, 1.82) is 0 Å². The maximum absolute atomic E-state index is 14.6. The number of nitrogens with zero attached hydrogens (tertiary/aromatic N) is 2. The zero-order chi connectivity index (χ0) is 33.3. The Morgan fingerprint density at radius 3 is 2.17 bits per heavy atom. The standard InChI is InChI=1S/C37H45F2N3O5/c1-23-32(21-24-3-14-30(47-2)15-4-24)31-16-11-28(39)22-33(31)42(23)36(46)41-19-17-37(18-20-41,26-7-9-27(38)10-8-26)35(45)40-29-12-5-25(6-13-29)34(43)44/h7-11,16,22,24-25,29-30H,3-6,12-15,17-21H2,1-2H3,(H,40,45)(H,43,44). The smallest absolute Gasteiger partial charge is 0.328 e. The summed E-state index contributed by atoms with van der Waals surface area (Å²) in [7, 11) is 1.76. The summed E-state index contributed by atoms with van der Waals surface area (Å²) in [5, 5.41) is 13.5. The van der Waals surface area contributed by atoms with E-state index in [1.807, 2.05) is 6.92 Å². The zero-order valence-corrected chi connectivity index (χ0v) is 27.3. The first kappa shape index (κ1) is 33.1. The largest absolute Gasteiger partial charge is 0.481 e. The van der Waals surface area contributed by atoms with E-state index in [1.54, 1.807) is 34.8 Å². The molecular formula is C37H45F2N3O5. The number of aromatic nitrogens is 1. The Morgan fingerprint density at radius 2 is 1.55 bits per heavy atom. The molecule has 1 aromatic heterocycles. The van der Waals surface area contributed by atoms with Gasteiger partial charge in [-0.25, -0.2) is 13.6 Å². The number of methoxy groups -OCH3 is 1. The number of amides is 2. The number of piperidine rings is 1. The van der Waals surface area contributed by atoms with Crippen LogP contribution in [0.5, 0.6) is 0 Å². The monoisotopic (exact) mass is 649 g/mol. The molecule has 2 N–H and O–H groups in total. The molecule has 3 fully saturated rings. The highest BCUT2D eigenvalue weighted by Gasteiger charge is 2.45. The van der Waals surface area contributed by atoms with Gasteiger partial charge in [-0.05, 0) is 125 Å². The van der Waals surface area contributed by atoms with E-state index in [2.05, 4.69) is 5.32 Å². The first-order valence-electron chi connectivity index (χ1n) is 17.0. The molecule has 0 unspecified atom stereocenters. The lowest BCUT2D eigenvalue weighted by Crippen LogP contribution is -2.55. The number of carbonyl (C=O) groups excluding carboxylic acids is 2. The molecule has 2 aliphatic carbocycles. The number of likely N-dealkylation sites (tertiary alicyclic amines) is 1. The van der Waals surface area contributed by atoms with Crippen LogP contribution in [0.25, 0.3) is 10.9 Å². The number of benzene rings is 2. The van der Waals surface area contributed by atoms with Gasteiger partial charge in [-0.1, -0.05) is 12.1 Å². The van der Waals surface area contributed by atoms with E-state index < -0.39 is 28.9 Å². The normalized spacial score (nSPS) is 24.6. The molecule has 2 saturated carbocycles. The number of aliphatic carboxylic acids is 1. The van der Waals surface area contributed by atoms with Gasteiger partial charge >= 0.3 is 12.0 Å². The highest BCUT2D eigenvalue weighted by molar-refractivity contribution is 5.96. The highest BCUT2D eigenvalue weighted by atomic mass is 19.1. The minimum Gasteiger partial charge on any atom is -0.481 e. The van der Waals surface area contributed by atoms with Crippen molar-refractivity contribution in [3.05, 3.63) is 70.9 Å². The van der Waals surface area contributed by atoms with Crippen molar-refractivity contribution >= 4 is 28.8 Å². The van der Waals surface area contributed by atoms with Crippen molar-refractivity contribution in [2.24, 2.45) is 11.8 Å². The lowest BCUT2D eigenvalue weighted by Gasteiger charge is -2.42. The third-order valence-electron chi connectivity index (χ3n) is 11.2. The van der Waals surface area contributed by atoms with Crippen LogP contribution in [-0.4, -0.2) is 64.8 Å². The van der Waals surface area contributed by atoms with Crippen molar-refractivity contribution in [2.45, 2.75) is 95.1 Å². The average molecular weight is 650 g/mol. The number of rotatable bonds is 7. The molecule has 1 aliphatic heterocycles. The SMILES string of the molecule is COC1CCC(Cc2c(C)n(C(=O)N3CCC(C(=O)NC4CCC(C(=O)O)CC4)(c4ccc(F)cc4)CC3)c3cc(F)ccc23)CC1. The minimum absolute atomic E-state index is 0.137. The van der Waals surface area contributed by atoms with Crippen LogP contribution in [-0.2, 0) is 26.2 Å². The summed E-state index contributed by atoms with van der Waals surface area (Å²) in [5.41, 5.74) is 2.16. The van der Waals surface area contributed by atoms with Gasteiger partial charge in [0.25, 0.3) is 0 Å². The van der Waals surface area contributed by atoms with E-state index in [1.165, 1.54) is 24.3 Å². The molecule has 0 radical (unpaired) electrons. The van der Waals surface area contributed by atoms with E-state index in [9.17, 15) is 28.3 Å². The number of halogens is 2. The number of nitrogens with one attached hydrogen (secondary N) is 1. The molecule has 47 heavy (non-hydrogen) atoms. The molecule has 1 saturated heterocycles. The van der Waals surface area contributed by atoms with Crippen LogP contribution in [0.2, 0.25) is 0 Å². The summed E-state index contributed by atoms with van der Waals surface area (Å²) in [6.45, 7) is 2.52. The van der Waals surface area contributed by atoms with Crippen LogP contribution < -0.4 is 5.32 Å². The third kappa shape index (κ3) is 6.66. The number of ether oxygens (including phenoxy) is 1. The Balaban J connectivity index is 1.23. The Kier molecular flexibility index (Phi) is 9.69. The van der Waals surface area contributed by atoms with Gasteiger partial charge in [-0.2, -0.15) is 0 Å². The first-order chi connectivity index (χ1) is 22.6. The second kappa shape index (κ2) is 13.7. The lowest BCUT2D eigenvalue weighted by atomic mass is 9.71. The van der Waals surface area contributed by atoms with Gasteiger partial charge in [0.1, 0.15) is 11.6 Å². The van der Waals surface area contributed by atoms with Crippen molar-refractivity contribution in [2.75, 3.05) is 20.2 Å². The van der Waals surface area contributed by atoms with Crippen LogP contribution in [0, 0.1) is 30.4 Å². The summed E-state index contributed by atoms with van der Waals surface area (Å²) >= 11 is 0. The second-order valence-corrected chi connectivity index (χ2v) is 13.9. The van der Waals surface area contributed by atoms with Crippen molar-refractivity contribution in [1.82, 2.24) is 14.8 Å². The highest BCUT2D eigenvalue weighted by Crippen LogP contribution is 2.39. The van der Waals surface area contributed by atoms with Gasteiger partial charge < -0.3 is 20.1 Å². The predicted octanol–water partition coefficient (Wildman–Crippen LogP) is 6.74. The number of hydrogen-bond donors (Lipinski definition) is 2. The summed E-state index contributed by atoms with van der Waals surface area (Å²) in [6, 6.07) is 10.3. The van der Waals surface area contributed by atoms with Crippen LogP contribution >= 0.6 is 0 Å². The number of hydrogen-bond acceptors (Lipinski definition) is 4. The third-order valence-corrected chi connectivity index (χ3v) is 11.2. The van der Waals surface area contributed by atoms with Crippen LogP contribution in [0.3, 0.4) is 0 Å². The summed E-state index contributed by atoms with van der Waals surface area (Å²) in [5.74, 6) is -1.71. The fraction of sp³-hybridized carbons (Fsp3) is 0.541. The fourth-order valence-corrected chi connectivity index (χ4v) is 8.27. The molecule has 8 nitrogen and oxygen atoms in total. The van der Waals surface area contributed by atoms with Gasteiger partial charge in [0.2, 0.25) is 5.91 Å². The van der Waals surface area contributed by atoms with E-state index in [0.717, 1.165) is 48.7 Å². The molecular weight excluding hydrogens is 604 g/mol. The number of carboxylic acid groups (broad SMARTS) is 1. The molecule has 2 heterocycles. The molecule has 0 spiro atoms. The summed E-state index contributed by atoms with van der Waals surface area (Å²) < 4.78 is 35.8. The van der Waals surface area contributed by atoms with Gasteiger partial charge in [-0.3, -0.25) is 14.2 Å². The Hall–Kier alpha value is -3.79. The summed E-state index contributed by atoms with van der Waals surface area (Å²) in [6.07, 6.45) is 8.05. The molecule has 2 amide bonds. The summed E-state index contributed by atoms with van der Waals surface area (Å²) in [4.78, 5) is 41.5. The minimum atomic E-state index is -0.972. The molecule has 3 aliphatic rings. The van der Waals surface area contributed by atoms with E-state index in [-0.39, 0.29) is 18.0 Å². The predicted molar refractivity (Wildman–Crippen MR) is 174 cm³/mol.